The number of hydrogen-bond acceptors (Lipinski definition) is 5. The largest absolute Gasteiger partial charge is 0.351 e. The van der Waals surface area contributed by atoms with Gasteiger partial charge in [0.2, 0.25) is 12.3 Å². The van der Waals surface area contributed by atoms with E-state index in [1.807, 2.05) is 12.1 Å². The molecule has 8 nitrogen and oxygen atoms in total. The van der Waals surface area contributed by atoms with E-state index in [4.69, 9.17) is 5.26 Å². The van der Waals surface area contributed by atoms with E-state index in [1.165, 1.54) is 6.07 Å². The van der Waals surface area contributed by atoms with Crippen LogP contribution in [0.3, 0.4) is 0 Å². The highest BCUT2D eigenvalue weighted by atomic mass is 19.3. The minimum absolute atomic E-state index is 0.00434. The summed E-state index contributed by atoms with van der Waals surface area (Å²) in [5.41, 5.74) is 0.379. The molecule has 222 valence electrons. The number of rotatable bonds is 6. The predicted molar refractivity (Wildman–Crippen MR) is 148 cm³/mol. The first-order valence-electron chi connectivity index (χ1n) is 13.7. The summed E-state index contributed by atoms with van der Waals surface area (Å²) in [6.07, 6.45) is 3.13. The monoisotopic (exact) mass is 593 g/mol. The van der Waals surface area contributed by atoms with Gasteiger partial charge >= 0.3 is 0 Å². The number of carbonyl (C=O) groups excluding carboxylic acids is 3. The van der Waals surface area contributed by atoms with Crippen molar-refractivity contribution in [1.82, 2.24) is 10.3 Å². The lowest BCUT2D eigenvalue weighted by molar-refractivity contribution is -0.135. The molecule has 3 aliphatic rings. The molecule has 0 radical (unpaired) electrons. The number of aryl methyl sites for hydroxylation is 1. The molecular weight excluding hydrogens is 566 g/mol. The van der Waals surface area contributed by atoms with E-state index in [2.05, 4.69) is 10.3 Å². The third kappa shape index (κ3) is 5.80. The number of nitrogens with zero attached hydrogens (tertiary/aromatic N) is 4. The first kappa shape index (κ1) is 29.7. The van der Waals surface area contributed by atoms with E-state index in [-0.39, 0.29) is 18.0 Å². The Labute approximate surface area is 244 Å². The fourth-order valence-corrected chi connectivity index (χ4v) is 5.79. The maximum atomic E-state index is 13.8. The fourth-order valence-electron chi connectivity index (χ4n) is 5.79. The molecule has 43 heavy (non-hydrogen) atoms. The molecule has 6 rings (SSSR count). The van der Waals surface area contributed by atoms with Gasteiger partial charge in [0, 0.05) is 49.8 Å². The summed E-state index contributed by atoms with van der Waals surface area (Å²) in [6, 6.07) is 14.5. The van der Waals surface area contributed by atoms with Gasteiger partial charge in [0.05, 0.1) is 11.6 Å². The number of nitriles is 1. The molecule has 12 heteroatoms. The van der Waals surface area contributed by atoms with Crippen LogP contribution in [0.2, 0.25) is 0 Å². The van der Waals surface area contributed by atoms with Gasteiger partial charge in [0.15, 0.2) is 17.2 Å². The highest BCUT2D eigenvalue weighted by Gasteiger charge is 2.53. The van der Waals surface area contributed by atoms with Crippen molar-refractivity contribution in [3.63, 3.8) is 0 Å². The Bertz CT molecular complexity index is 1600. The number of anilines is 2. The Morgan fingerprint density at radius 3 is 2.51 bits per heavy atom. The van der Waals surface area contributed by atoms with Crippen LogP contribution < -0.4 is 15.1 Å². The van der Waals surface area contributed by atoms with E-state index in [9.17, 15) is 31.9 Å². The molecule has 1 saturated carbocycles. The molecule has 1 N–H and O–H groups in total. The number of amides is 3. The van der Waals surface area contributed by atoms with Gasteiger partial charge in [-0.25, -0.2) is 22.5 Å². The summed E-state index contributed by atoms with van der Waals surface area (Å²) in [4.78, 5) is 43.6. The molecule has 3 aromatic rings. The van der Waals surface area contributed by atoms with Crippen molar-refractivity contribution in [3.05, 3.63) is 89.1 Å². The first-order chi connectivity index (χ1) is 20.6. The standard InChI is InChI=1S/C21H18F4N2O2.C10H9N3O/c22-17-6-5-15(9-18(17)23)27(12-28)21(8-7-13-3-1-2-4-16(13)21)19(29)26-14-10-20(24,25)11-14;11-7-8-3-4-12-9(6-8)13-5-1-2-10(13)14/h1-6,9,12,14H,7-8,10-11H2,(H,26,29);3-4,6H,1-2,5H2. The molecule has 1 aliphatic heterocycles. The summed E-state index contributed by atoms with van der Waals surface area (Å²) in [7, 11) is 0. The smallest absolute Gasteiger partial charge is 0.252 e. The Morgan fingerprint density at radius 2 is 1.86 bits per heavy atom. The van der Waals surface area contributed by atoms with E-state index >= 15 is 0 Å². The molecule has 1 aromatic heterocycles. The minimum atomic E-state index is -2.82. The van der Waals surface area contributed by atoms with Gasteiger partial charge in [0.25, 0.3) is 11.8 Å². The Morgan fingerprint density at radius 1 is 1.09 bits per heavy atom. The number of benzene rings is 2. The summed E-state index contributed by atoms with van der Waals surface area (Å²) >= 11 is 0. The van der Waals surface area contributed by atoms with Crippen molar-refractivity contribution in [1.29, 1.82) is 5.26 Å². The molecule has 2 aliphatic carbocycles. The van der Waals surface area contributed by atoms with Crippen molar-refractivity contribution >= 4 is 29.7 Å². The highest BCUT2D eigenvalue weighted by molar-refractivity contribution is 5.98. The van der Waals surface area contributed by atoms with E-state index in [0.29, 0.717) is 42.7 Å². The van der Waals surface area contributed by atoms with Crippen LogP contribution in [-0.4, -0.2) is 41.7 Å². The lowest BCUT2D eigenvalue weighted by Crippen LogP contribution is -2.60. The van der Waals surface area contributed by atoms with E-state index < -0.39 is 47.9 Å². The van der Waals surface area contributed by atoms with Gasteiger partial charge in [-0.15, -0.1) is 0 Å². The van der Waals surface area contributed by atoms with Crippen LogP contribution in [0.4, 0.5) is 29.1 Å². The van der Waals surface area contributed by atoms with Crippen molar-refractivity contribution in [2.24, 2.45) is 0 Å². The Hall–Kier alpha value is -4.79. The quantitative estimate of drug-likeness (QED) is 0.328. The number of fused-ring (bicyclic) bond motifs is 1. The number of carbonyl (C=O) groups is 3. The SMILES string of the molecule is N#Cc1ccnc(N2CCCC2=O)c1.O=CN(c1ccc(F)c(F)c1)C1(C(=O)NC2CC(F)(F)C2)CCc2ccccc21. The molecule has 1 unspecified atom stereocenters. The van der Waals surface area contributed by atoms with E-state index in [1.54, 1.807) is 41.4 Å². The van der Waals surface area contributed by atoms with Crippen LogP contribution in [-0.2, 0) is 26.3 Å². The van der Waals surface area contributed by atoms with Gasteiger partial charge in [-0.05, 0) is 54.7 Å². The van der Waals surface area contributed by atoms with Crippen LogP contribution in [0.25, 0.3) is 0 Å². The van der Waals surface area contributed by atoms with Crippen LogP contribution in [0.1, 0.15) is 48.8 Å². The molecule has 1 atom stereocenters. The van der Waals surface area contributed by atoms with Gasteiger partial charge in [-0.3, -0.25) is 24.2 Å². The second kappa shape index (κ2) is 11.8. The molecule has 1 saturated heterocycles. The van der Waals surface area contributed by atoms with Gasteiger partial charge in [-0.1, -0.05) is 24.3 Å². The average Bonchev–Trinajstić information content (AvgIpc) is 3.59. The lowest BCUT2D eigenvalue weighted by atomic mass is 9.84. The second-order valence-corrected chi connectivity index (χ2v) is 10.7. The van der Waals surface area contributed by atoms with Gasteiger partial charge in [0.1, 0.15) is 5.82 Å². The molecule has 0 bridgehead atoms. The van der Waals surface area contributed by atoms with E-state index in [0.717, 1.165) is 29.0 Å². The van der Waals surface area contributed by atoms with Crippen molar-refractivity contribution in [2.45, 2.75) is 56.0 Å². The van der Waals surface area contributed by atoms with Crippen LogP contribution in [0.5, 0.6) is 0 Å². The number of pyridine rings is 1. The van der Waals surface area contributed by atoms with Crippen molar-refractivity contribution in [2.75, 3.05) is 16.3 Å². The number of nitrogens with one attached hydrogen (secondary N) is 1. The Balaban J connectivity index is 0.000000220. The van der Waals surface area contributed by atoms with Gasteiger partial charge in [-0.2, -0.15) is 5.26 Å². The molecule has 0 spiro atoms. The third-order valence-electron chi connectivity index (χ3n) is 7.94. The summed E-state index contributed by atoms with van der Waals surface area (Å²) in [5.74, 6) is -4.99. The predicted octanol–water partition coefficient (Wildman–Crippen LogP) is 4.76. The topological polar surface area (TPSA) is 106 Å². The summed E-state index contributed by atoms with van der Waals surface area (Å²) in [5, 5.41) is 11.3. The summed E-state index contributed by atoms with van der Waals surface area (Å²) in [6.45, 7) is 0.709. The molecular formula is C31H27F4N5O3. The van der Waals surface area contributed by atoms with Crippen molar-refractivity contribution < 1.29 is 31.9 Å². The zero-order valence-electron chi connectivity index (χ0n) is 22.9. The second-order valence-electron chi connectivity index (χ2n) is 10.7. The maximum Gasteiger partial charge on any atom is 0.252 e. The fraction of sp³-hybridized carbons (Fsp3) is 0.323. The van der Waals surface area contributed by atoms with Crippen LogP contribution in [0, 0.1) is 23.0 Å². The van der Waals surface area contributed by atoms with Crippen LogP contribution in [0.15, 0.2) is 60.8 Å². The number of hydrogen-bond donors (Lipinski definition) is 1. The van der Waals surface area contributed by atoms with Gasteiger partial charge < -0.3 is 5.32 Å². The average molecular weight is 594 g/mol. The van der Waals surface area contributed by atoms with Crippen molar-refractivity contribution in [3.8, 4) is 6.07 Å². The molecule has 2 heterocycles. The zero-order valence-corrected chi connectivity index (χ0v) is 22.9. The zero-order chi connectivity index (χ0) is 30.8. The molecule has 2 aromatic carbocycles. The molecule has 3 amide bonds. The minimum Gasteiger partial charge on any atom is -0.351 e. The number of alkyl halides is 2. The molecule has 2 fully saturated rings. The highest BCUT2D eigenvalue weighted by Crippen LogP contribution is 2.45. The Kier molecular flexibility index (Phi) is 8.17. The first-order valence-corrected chi connectivity index (χ1v) is 13.7. The van der Waals surface area contributed by atoms with Crippen LogP contribution >= 0.6 is 0 Å². The number of halogens is 4. The lowest BCUT2D eigenvalue weighted by Gasteiger charge is -2.42. The maximum absolute atomic E-state index is 13.8. The third-order valence-corrected chi connectivity index (χ3v) is 7.94. The number of aromatic nitrogens is 1. The normalized spacial score (nSPS) is 20.3. The summed E-state index contributed by atoms with van der Waals surface area (Å²) < 4.78 is 53.7.